The third-order valence-electron chi connectivity index (χ3n) is 1.94. The van der Waals surface area contributed by atoms with E-state index in [0.29, 0.717) is 12.6 Å². The van der Waals surface area contributed by atoms with Crippen LogP contribution in [0.5, 0.6) is 0 Å². The van der Waals surface area contributed by atoms with Crippen molar-refractivity contribution < 1.29 is 5.21 Å². The molecule has 0 aromatic carbocycles. The molecule has 0 aromatic rings. The van der Waals surface area contributed by atoms with E-state index in [2.05, 4.69) is 31.2 Å². The van der Waals surface area contributed by atoms with Crippen LogP contribution in [0.4, 0.5) is 0 Å². The third-order valence-corrected chi connectivity index (χ3v) is 1.94. The number of nitrogens with one attached hydrogen (secondary N) is 1. The van der Waals surface area contributed by atoms with E-state index in [1.807, 2.05) is 0 Å². The first-order valence-corrected chi connectivity index (χ1v) is 4.76. The Bertz CT molecular complexity index is 157. The molecule has 0 aliphatic heterocycles. The average molecular weight is 187 g/mol. The molecular formula is C9H21N3O. The Morgan fingerprint density at radius 3 is 2.46 bits per heavy atom. The Morgan fingerprint density at radius 1 is 1.38 bits per heavy atom. The summed E-state index contributed by atoms with van der Waals surface area (Å²) in [4.78, 5) is 0. The van der Waals surface area contributed by atoms with E-state index in [1.54, 1.807) is 0 Å². The molecule has 4 nitrogen and oxygen atoms in total. The quantitative estimate of drug-likeness (QED) is 0.253. The maximum Gasteiger partial charge on any atom is 0.153 e. The second-order valence-corrected chi connectivity index (χ2v) is 3.84. The van der Waals surface area contributed by atoms with Gasteiger partial charge in [0.05, 0.1) is 6.54 Å². The lowest BCUT2D eigenvalue weighted by Gasteiger charge is -2.14. The third kappa shape index (κ3) is 7.59. The van der Waals surface area contributed by atoms with Gasteiger partial charge in [-0.25, -0.2) is 0 Å². The Hall–Kier alpha value is -0.770. The van der Waals surface area contributed by atoms with Gasteiger partial charge < -0.3 is 16.3 Å². The molecule has 0 rings (SSSR count). The van der Waals surface area contributed by atoms with Gasteiger partial charge in [0.15, 0.2) is 5.84 Å². The van der Waals surface area contributed by atoms with Crippen LogP contribution in [-0.4, -0.2) is 23.6 Å². The molecule has 0 fully saturated rings. The number of amidine groups is 1. The standard InChI is InChI=1S/C9H21N3O/c1-7(2)4-5-8(3)11-6-9(10)12-13/h7-8,11,13H,4-6H2,1-3H3,(H2,10,12). The SMILES string of the molecule is CC(C)CCC(C)NCC(N)=NO. The van der Waals surface area contributed by atoms with Crippen molar-refractivity contribution in [1.82, 2.24) is 5.32 Å². The van der Waals surface area contributed by atoms with Crippen LogP contribution in [0.3, 0.4) is 0 Å². The van der Waals surface area contributed by atoms with E-state index in [4.69, 9.17) is 10.9 Å². The molecule has 0 radical (unpaired) electrons. The molecule has 4 heteroatoms. The van der Waals surface area contributed by atoms with Gasteiger partial charge in [-0.2, -0.15) is 0 Å². The highest BCUT2D eigenvalue weighted by Crippen LogP contribution is 2.05. The van der Waals surface area contributed by atoms with Crippen molar-refractivity contribution in [1.29, 1.82) is 0 Å². The largest absolute Gasteiger partial charge is 0.409 e. The smallest absolute Gasteiger partial charge is 0.153 e. The summed E-state index contributed by atoms with van der Waals surface area (Å²) in [6, 6.07) is 0.419. The Kier molecular flexibility index (Phi) is 6.32. The summed E-state index contributed by atoms with van der Waals surface area (Å²) < 4.78 is 0. The monoisotopic (exact) mass is 187 g/mol. The van der Waals surface area contributed by atoms with Gasteiger partial charge >= 0.3 is 0 Å². The Morgan fingerprint density at radius 2 is 2.00 bits per heavy atom. The van der Waals surface area contributed by atoms with Crippen molar-refractivity contribution >= 4 is 5.84 Å². The van der Waals surface area contributed by atoms with E-state index in [0.717, 1.165) is 12.3 Å². The van der Waals surface area contributed by atoms with Gasteiger partial charge in [0.25, 0.3) is 0 Å². The predicted molar refractivity (Wildman–Crippen MR) is 54.9 cm³/mol. The van der Waals surface area contributed by atoms with Gasteiger partial charge in [-0.1, -0.05) is 19.0 Å². The van der Waals surface area contributed by atoms with Crippen LogP contribution < -0.4 is 11.1 Å². The molecule has 0 bridgehead atoms. The lowest BCUT2D eigenvalue weighted by molar-refractivity contribution is 0.316. The first-order valence-electron chi connectivity index (χ1n) is 4.76. The molecule has 0 aliphatic carbocycles. The fourth-order valence-corrected chi connectivity index (χ4v) is 1.000. The maximum atomic E-state index is 8.29. The van der Waals surface area contributed by atoms with Crippen molar-refractivity contribution in [3.63, 3.8) is 0 Å². The van der Waals surface area contributed by atoms with Crippen LogP contribution in [0.1, 0.15) is 33.6 Å². The fraction of sp³-hybridized carbons (Fsp3) is 0.889. The molecule has 1 unspecified atom stereocenters. The van der Waals surface area contributed by atoms with E-state index in [-0.39, 0.29) is 5.84 Å². The number of hydrogen-bond acceptors (Lipinski definition) is 3. The number of nitrogens with two attached hydrogens (primary N) is 1. The molecule has 0 heterocycles. The van der Waals surface area contributed by atoms with Gasteiger partial charge in [-0.3, -0.25) is 0 Å². The molecule has 0 saturated heterocycles. The van der Waals surface area contributed by atoms with Crippen LogP contribution in [0, 0.1) is 5.92 Å². The molecule has 0 spiro atoms. The van der Waals surface area contributed by atoms with E-state index in [1.165, 1.54) is 6.42 Å². The van der Waals surface area contributed by atoms with E-state index >= 15 is 0 Å². The lowest BCUT2D eigenvalue weighted by Crippen LogP contribution is -2.35. The fourth-order valence-electron chi connectivity index (χ4n) is 1.000. The van der Waals surface area contributed by atoms with Crippen LogP contribution in [0.2, 0.25) is 0 Å². The minimum atomic E-state index is 0.233. The van der Waals surface area contributed by atoms with Crippen LogP contribution >= 0.6 is 0 Å². The zero-order chi connectivity index (χ0) is 10.3. The minimum absolute atomic E-state index is 0.233. The second-order valence-electron chi connectivity index (χ2n) is 3.84. The maximum absolute atomic E-state index is 8.29. The summed E-state index contributed by atoms with van der Waals surface area (Å²) in [6.45, 7) is 6.97. The normalized spacial score (nSPS) is 14.9. The van der Waals surface area contributed by atoms with Crippen molar-refractivity contribution in [2.45, 2.75) is 39.7 Å². The molecule has 78 valence electrons. The summed E-state index contributed by atoms with van der Waals surface area (Å²) in [5.74, 6) is 0.963. The van der Waals surface area contributed by atoms with Crippen LogP contribution in [-0.2, 0) is 0 Å². The number of hydrogen-bond donors (Lipinski definition) is 3. The summed E-state index contributed by atoms with van der Waals surface area (Å²) in [6.07, 6.45) is 2.32. The van der Waals surface area contributed by atoms with Crippen molar-refractivity contribution in [3.8, 4) is 0 Å². The average Bonchev–Trinajstić information content (AvgIpc) is 2.10. The molecule has 0 amide bonds. The first kappa shape index (κ1) is 12.2. The Labute approximate surface area is 80.2 Å². The van der Waals surface area contributed by atoms with Crippen molar-refractivity contribution in [3.05, 3.63) is 0 Å². The summed E-state index contributed by atoms with van der Waals surface area (Å²) in [5, 5.41) is 14.3. The topological polar surface area (TPSA) is 70.6 Å². The van der Waals surface area contributed by atoms with Gasteiger partial charge in [-0.05, 0) is 25.7 Å². The zero-order valence-electron chi connectivity index (χ0n) is 8.75. The minimum Gasteiger partial charge on any atom is -0.409 e. The van der Waals surface area contributed by atoms with Crippen LogP contribution in [0.15, 0.2) is 5.16 Å². The summed E-state index contributed by atoms with van der Waals surface area (Å²) in [7, 11) is 0. The number of nitrogens with zero attached hydrogens (tertiary/aromatic N) is 1. The highest BCUT2D eigenvalue weighted by atomic mass is 16.4. The highest BCUT2D eigenvalue weighted by Gasteiger charge is 2.03. The zero-order valence-corrected chi connectivity index (χ0v) is 8.75. The van der Waals surface area contributed by atoms with Gasteiger partial charge in [0, 0.05) is 6.04 Å². The van der Waals surface area contributed by atoms with Gasteiger partial charge in [-0.15, -0.1) is 0 Å². The van der Waals surface area contributed by atoms with Gasteiger partial charge in [0.2, 0.25) is 0 Å². The van der Waals surface area contributed by atoms with E-state index in [9.17, 15) is 0 Å². The molecular weight excluding hydrogens is 166 g/mol. The summed E-state index contributed by atoms with van der Waals surface area (Å²) >= 11 is 0. The molecule has 0 aliphatic rings. The van der Waals surface area contributed by atoms with E-state index < -0.39 is 0 Å². The molecule has 0 saturated carbocycles. The summed E-state index contributed by atoms with van der Waals surface area (Å²) in [5.41, 5.74) is 5.31. The molecule has 4 N–H and O–H groups in total. The van der Waals surface area contributed by atoms with Crippen molar-refractivity contribution in [2.24, 2.45) is 16.8 Å². The van der Waals surface area contributed by atoms with Crippen LogP contribution in [0.25, 0.3) is 0 Å². The van der Waals surface area contributed by atoms with Gasteiger partial charge in [0.1, 0.15) is 0 Å². The number of oxime groups is 1. The number of rotatable bonds is 6. The second kappa shape index (κ2) is 6.71. The lowest BCUT2D eigenvalue weighted by atomic mass is 10.0. The molecule has 1 atom stereocenters. The first-order chi connectivity index (χ1) is 6.06. The molecule has 0 aromatic heterocycles. The van der Waals surface area contributed by atoms with Crippen molar-refractivity contribution in [2.75, 3.05) is 6.54 Å². The Balaban J connectivity index is 3.46. The predicted octanol–water partition coefficient (Wildman–Crippen LogP) is 1.15. The molecule has 13 heavy (non-hydrogen) atoms. The highest BCUT2D eigenvalue weighted by molar-refractivity contribution is 5.81.